The number of hydrogen-bond acceptors (Lipinski definition) is 6. The van der Waals surface area contributed by atoms with Crippen LogP contribution in [0.2, 0.25) is 5.02 Å². The number of benzene rings is 1. The van der Waals surface area contributed by atoms with Gasteiger partial charge in [0.15, 0.2) is 5.65 Å². The number of aliphatic carboxylic acids is 1. The summed E-state index contributed by atoms with van der Waals surface area (Å²) in [6, 6.07) is 8.54. The molecule has 0 aliphatic carbocycles. The molecule has 4 aromatic rings. The molecule has 0 fully saturated rings. The molecule has 0 saturated heterocycles. The van der Waals surface area contributed by atoms with Gasteiger partial charge in [0.2, 0.25) is 5.82 Å². The first-order valence-corrected chi connectivity index (χ1v) is 15.7. The number of rotatable bonds is 9. The Bertz CT molecular complexity index is 1730. The third-order valence-electron chi connectivity index (χ3n) is 7.79. The average Bonchev–Trinajstić information content (AvgIpc) is 3.38. The molecule has 234 valence electrons. The van der Waals surface area contributed by atoms with Crippen LogP contribution in [0.1, 0.15) is 65.7 Å². The van der Waals surface area contributed by atoms with Crippen LogP contribution in [0.25, 0.3) is 5.65 Å². The molecule has 2 unspecified atom stereocenters. The van der Waals surface area contributed by atoms with Gasteiger partial charge in [-0.3, -0.25) is 9.20 Å². The summed E-state index contributed by atoms with van der Waals surface area (Å²) in [5, 5.41) is 17.3. The number of unbranched alkanes of at least 4 members (excludes halogenated alkanes) is 1. The highest BCUT2D eigenvalue weighted by atomic mass is 35.5. The summed E-state index contributed by atoms with van der Waals surface area (Å²) in [7, 11) is -1.54. The van der Waals surface area contributed by atoms with Crippen LogP contribution in [0.15, 0.2) is 47.6 Å². The predicted octanol–water partition coefficient (Wildman–Crippen LogP) is 6.16. The second-order valence-electron chi connectivity index (χ2n) is 10.9. The second-order valence-corrected chi connectivity index (χ2v) is 12.8. The lowest BCUT2D eigenvalue weighted by atomic mass is 9.86. The van der Waals surface area contributed by atoms with Crippen LogP contribution in [-0.4, -0.2) is 58.8 Å². The maximum absolute atomic E-state index is 13.9. The highest BCUT2D eigenvalue weighted by Gasteiger charge is 2.37. The quantitative estimate of drug-likeness (QED) is 0.232. The van der Waals surface area contributed by atoms with Gasteiger partial charge in [0, 0.05) is 49.5 Å². The van der Waals surface area contributed by atoms with Crippen molar-refractivity contribution in [2.45, 2.75) is 63.6 Å². The number of carboxylic acids is 1. The first-order valence-electron chi connectivity index (χ1n) is 14.2. The van der Waals surface area contributed by atoms with Crippen molar-refractivity contribution in [1.82, 2.24) is 23.9 Å². The van der Waals surface area contributed by atoms with Crippen molar-refractivity contribution >= 4 is 40.0 Å². The summed E-state index contributed by atoms with van der Waals surface area (Å²) < 4.78 is 56.9. The number of halogens is 4. The van der Waals surface area contributed by atoms with Gasteiger partial charge in [0.1, 0.15) is 16.8 Å². The van der Waals surface area contributed by atoms with Crippen molar-refractivity contribution in [2.24, 2.45) is 0 Å². The zero-order valence-electron chi connectivity index (χ0n) is 24.4. The van der Waals surface area contributed by atoms with Gasteiger partial charge in [-0.15, -0.1) is 10.2 Å². The number of carbonyl (C=O) groups is 1. The van der Waals surface area contributed by atoms with Crippen LogP contribution in [0.5, 0.6) is 0 Å². The fourth-order valence-corrected chi connectivity index (χ4v) is 7.12. The smallest absolute Gasteiger partial charge is 0.452 e. The van der Waals surface area contributed by atoms with E-state index in [1.807, 2.05) is 17.3 Å². The molecule has 5 rings (SSSR count). The SMILES string of the molecule is CCCCN1CCN(Cc2cc(C(CC(=O)O)c3ccn4c(C(F)(F)F)nnc4c3C)ccc2Cl)S(=O)c2cc(C)cnc21. The molecular formula is C30H32ClF3N6O3S. The monoisotopic (exact) mass is 648 g/mol. The predicted molar refractivity (Wildman–Crippen MR) is 161 cm³/mol. The van der Waals surface area contributed by atoms with Crippen molar-refractivity contribution < 1.29 is 27.3 Å². The minimum Gasteiger partial charge on any atom is -0.481 e. The van der Waals surface area contributed by atoms with E-state index in [2.05, 4.69) is 27.0 Å². The van der Waals surface area contributed by atoms with Crippen LogP contribution >= 0.6 is 11.6 Å². The lowest BCUT2D eigenvalue weighted by Crippen LogP contribution is -2.33. The van der Waals surface area contributed by atoms with E-state index in [9.17, 15) is 27.3 Å². The molecule has 0 amide bonds. The number of aryl methyl sites for hydroxylation is 2. The van der Waals surface area contributed by atoms with Crippen LogP contribution in [0.3, 0.4) is 0 Å². The first kappa shape index (κ1) is 31.9. The van der Waals surface area contributed by atoms with E-state index in [0.717, 1.165) is 29.4 Å². The molecule has 1 aliphatic heterocycles. The fourth-order valence-electron chi connectivity index (χ4n) is 5.54. The third kappa shape index (κ3) is 6.45. The Kier molecular flexibility index (Phi) is 9.28. The Balaban J connectivity index is 1.51. The molecular weight excluding hydrogens is 617 g/mol. The van der Waals surface area contributed by atoms with E-state index in [1.54, 1.807) is 31.3 Å². The van der Waals surface area contributed by atoms with E-state index in [1.165, 1.54) is 12.3 Å². The summed E-state index contributed by atoms with van der Waals surface area (Å²) in [5.41, 5.74) is 3.05. The number of hydrogen-bond donors (Lipinski definition) is 1. The Morgan fingerprint density at radius 1 is 1.16 bits per heavy atom. The van der Waals surface area contributed by atoms with Gasteiger partial charge in [-0.05, 0) is 66.3 Å². The van der Waals surface area contributed by atoms with E-state index in [0.29, 0.717) is 51.1 Å². The van der Waals surface area contributed by atoms with Gasteiger partial charge in [0.05, 0.1) is 11.3 Å². The molecule has 2 atom stereocenters. The zero-order valence-corrected chi connectivity index (χ0v) is 26.0. The van der Waals surface area contributed by atoms with Crippen molar-refractivity contribution in [3.05, 3.63) is 81.4 Å². The lowest BCUT2D eigenvalue weighted by molar-refractivity contribution is -0.145. The number of anilines is 1. The molecule has 44 heavy (non-hydrogen) atoms. The molecule has 0 spiro atoms. The van der Waals surface area contributed by atoms with Gasteiger partial charge in [-0.25, -0.2) is 13.5 Å². The Morgan fingerprint density at radius 2 is 1.93 bits per heavy atom. The lowest BCUT2D eigenvalue weighted by Gasteiger charge is -2.23. The van der Waals surface area contributed by atoms with E-state index >= 15 is 0 Å². The van der Waals surface area contributed by atoms with Crippen LogP contribution in [0.4, 0.5) is 19.0 Å². The molecule has 9 nitrogen and oxygen atoms in total. The molecule has 1 aliphatic rings. The largest absolute Gasteiger partial charge is 0.481 e. The molecule has 3 aromatic heterocycles. The number of carboxylic acid groups (broad SMARTS) is 1. The highest BCUT2D eigenvalue weighted by Crippen LogP contribution is 2.36. The number of nitrogens with zero attached hydrogens (tertiary/aromatic N) is 6. The van der Waals surface area contributed by atoms with Crippen LogP contribution in [0, 0.1) is 13.8 Å². The number of fused-ring (bicyclic) bond motifs is 2. The third-order valence-corrected chi connectivity index (χ3v) is 9.61. The molecule has 0 radical (unpaired) electrons. The molecule has 0 saturated carbocycles. The number of alkyl halides is 3. The maximum Gasteiger partial charge on any atom is 0.452 e. The molecule has 4 heterocycles. The van der Waals surface area contributed by atoms with Crippen molar-refractivity contribution in [3.8, 4) is 0 Å². The highest BCUT2D eigenvalue weighted by molar-refractivity contribution is 7.82. The Hall–Kier alpha value is -3.55. The van der Waals surface area contributed by atoms with Crippen molar-refractivity contribution in [1.29, 1.82) is 0 Å². The standard InChI is InChI=1S/C30H32ClF3N6O3S/c1-4-5-9-38-11-12-39(44(43)25-13-18(2)16-35-28(25)38)17-21-14-20(6-7-24(21)31)23(15-26(41)42)22-8-10-40-27(19(22)3)36-37-29(40)30(32,33)34/h6-8,10,13-14,16,23H,4-5,9,11-12,15,17H2,1-3H3,(H,41,42). The fraction of sp³-hybridized carbons (Fsp3) is 0.400. The van der Waals surface area contributed by atoms with Crippen LogP contribution < -0.4 is 4.90 Å². The van der Waals surface area contributed by atoms with Gasteiger partial charge < -0.3 is 10.0 Å². The maximum atomic E-state index is 13.9. The van der Waals surface area contributed by atoms with Gasteiger partial charge in [-0.1, -0.05) is 37.1 Å². The van der Waals surface area contributed by atoms with Crippen molar-refractivity contribution in [3.63, 3.8) is 0 Å². The van der Waals surface area contributed by atoms with Gasteiger partial charge in [0.25, 0.3) is 0 Å². The summed E-state index contributed by atoms with van der Waals surface area (Å²) in [5.74, 6) is -2.24. The summed E-state index contributed by atoms with van der Waals surface area (Å²) >= 11 is 6.65. The number of pyridine rings is 2. The van der Waals surface area contributed by atoms with E-state index < -0.39 is 34.9 Å². The first-order chi connectivity index (χ1) is 20.9. The zero-order chi connectivity index (χ0) is 31.8. The topological polar surface area (TPSA) is 104 Å². The van der Waals surface area contributed by atoms with E-state index in [4.69, 9.17) is 11.6 Å². The average molecular weight is 649 g/mol. The normalized spacial score (nSPS) is 16.6. The van der Waals surface area contributed by atoms with Gasteiger partial charge in [-0.2, -0.15) is 13.2 Å². The summed E-state index contributed by atoms with van der Waals surface area (Å²) in [6.45, 7) is 7.73. The molecule has 1 N–H and O–H groups in total. The molecule has 14 heteroatoms. The molecule has 0 bridgehead atoms. The van der Waals surface area contributed by atoms with Gasteiger partial charge >= 0.3 is 12.1 Å². The Labute approximate surface area is 260 Å². The summed E-state index contributed by atoms with van der Waals surface area (Å²) in [4.78, 5) is 19.4. The molecule has 1 aromatic carbocycles. The van der Waals surface area contributed by atoms with Crippen LogP contribution in [-0.2, 0) is 28.5 Å². The second kappa shape index (κ2) is 12.8. The minimum atomic E-state index is -4.70. The van der Waals surface area contributed by atoms with Crippen molar-refractivity contribution in [2.75, 3.05) is 24.5 Å². The number of aromatic nitrogens is 4. The summed E-state index contributed by atoms with van der Waals surface area (Å²) in [6.07, 6.45) is -0.0521. The minimum absolute atomic E-state index is 0.00504. The van der Waals surface area contributed by atoms with E-state index in [-0.39, 0.29) is 18.6 Å². The Morgan fingerprint density at radius 3 is 2.64 bits per heavy atom.